The average Bonchev–Trinajstić information content (AvgIpc) is 3.40. The number of aliphatic hydroxyl groups is 2. The van der Waals surface area contributed by atoms with Gasteiger partial charge in [-0.25, -0.2) is 4.79 Å². The summed E-state index contributed by atoms with van der Waals surface area (Å²) >= 11 is 0. The first-order valence-corrected chi connectivity index (χ1v) is 17.1. The van der Waals surface area contributed by atoms with Crippen LogP contribution in [0.25, 0.3) is 11.1 Å². The molecule has 3 saturated carbocycles. The molecule has 1 amide bonds. The summed E-state index contributed by atoms with van der Waals surface area (Å²) in [6.07, 6.45) is 0.432. The molecule has 1 saturated heterocycles. The van der Waals surface area contributed by atoms with Crippen LogP contribution < -0.4 is 15.0 Å². The van der Waals surface area contributed by atoms with E-state index in [0.717, 1.165) is 17.7 Å². The van der Waals surface area contributed by atoms with E-state index in [2.05, 4.69) is 26.1 Å². The number of para-hydroxylation sites is 1. The van der Waals surface area contributed by atoms with E-state index in [4.69, 9.17) is 9.57 Å². The van der Waals surface area contributed by atoms with Crippen LogP contribution in [0.2, 0.25) is 0 Å². The number of amides is 1. The second kappa shape index (κ2) is 14.3. The van der Waals surface area contributed by atoms with Crippen molar-refractivity contribution < 1.29 is 34.5 Å². The van der Waals surface area contributed by atoms with Gasteiger partial charge in [-0.05, 0) is 80.8 Å². The summed E-state index contributed by atoms with van der Waals surface area (Å²) in [5, 5.41) is 36.0. The van der Waals surface area contributed by atoms with Gasteiger partial charge < -0.3 is 35.2 Å². The van der Waals surface area contributed by atoms with Gasteiger partial charge in [0.15, 0.2) is 0 Å². The zero-order valence-corrected chi connectivity index (χ0v) is 29.6. The Balaban J connectivity index is 1.50. The van der Waals surface area contributed by atoms with Crippen molar-refractivity contribution >= 4 is 17.6 Å². The molecule has 6 rings (SSSR count). The summed E-state index contributed by atoms with van der Waals surface area (Å²) in [5.74, 6) is 0.0872. The number of carbonyl (C=O) groups is 2. The number of rotatable bonds is 13. The maximum atomic E-state index is 14.2. The van der Waals surface area contributed by atoms with Gasteiger partial charge in [0.05, 0.1) is 24.8 Å². The lowest BCUT2D eigenvalue weighted by Gasteiger charge is -2.62. The fraction of sp³-hybridized carbons (Fsp3) is 0.622. The maximum Gasteiger partial charge on any atom is 0.335 e. The number of aliphatic hydroxyl groups excluding tert-OH is 2. The predicted molar refractivity (Wildman–Crippen MR) is 185 cm³/mol. The SMILES string of the molecule is C[C@@H]1[C@@H](NC(=O)[C@@H]2[C@H]([C@H](C)O)[C@H](CO)ON2Cc2cccc(-c3cc(C(=O)O)cc(N(C)C)c3)c2OCCN(C)C)C[C@@H]2C[C@H]1C2(C)C. The van der Waals surface area contributed by atoms with Crippen molar-refractivity contribution in [1.82, 2.24) is 15.3 Å². The number of nitrogens with zero attached hydrogens (tertiary/aromatic N) is 3. The number of benzene rings is 2. The lowest BCUT2D eigenvalue weighted by Crippen LogP contribution is -2.62. The average molecular weight is 667 g/mol. The van der Waals surface area contributed by atoms with Crippen LogP contribution in [0.1, 0.15) is 56.5 Å². The Kier molecular flexibility index (Phi) is 10.8. The number of aromatic carboxylic acids is 1. The standard InChI is InChI=1S/C37H54N4O7/c1-21-29-17-26(37(29,3)4)18-30(21)38-35(44)33-32(22(2)43)31(20-42)48-41(33)19-23-10-9-11-28(34(23)47-13-12-39(5)6)24-14-25(36(45)46)16-27(15-24)40(7)8/h9-11,14-16,21-22,26,29-33,42-43H,12-13,17-20H2,1-8H3,(H,38,44)(H,45,46)/t21-,22-,26-,29+,30-,31-,32+,33-/m0/s1. The molecule has 11 nitrogen and oxygen atoms in total. The van der Waals surface area contributed by atoms with Gasteiger partial charge in [-0.15, -0.1) is 0 Å². The van der Waals surface area contributed by atoms with E-state index in [0.29, 0.717) is 47.8 Å². The van der Waals surface area contributed by atoms with E-state index in [1.807, 2.05) is 62.3 Å². The van der Waals surface area contributed by atoms with E-state index in [1.165, 1.54) is 6.42 Å². The van der Waals surface area contributed by atoms with Crippen LogP contribution in [0.4, 0.5) is 5.69 Å². The molecule has 3 aliphatic carbocycles. The van der Waals surface area contributed by atoms with Crippen molar-refractivity contribution in [1.29, 1.82) is 0 Å². The Morgan fingerprint density at radius 3 is 2.46 bits per heavy atom. The van der Waals surface area contributed by atoms with Crippen molar-refractivity contribution in [2.24, 2.45) is 29.1 Å². The number of ether oxygens (including phenoxy) is 1. The van der Waals surface area contributed by atoms with Crippen LogP contribution in [0, 0.1) is 29.1 Å². The number of carbonyl (C=O) groups excluding carboxylic acids is 1. The molecular weight excluding hydrogens is 612 g/mol. The summed E-state index contributed by atoms with van der Waals surface area (Å²) in [7, 11) is 7.64. The summed E-state index contributed by atoms with van der Waals surface area (Å²) < 4.78 is 6.46. The quantitative estimate of drug-likeness (QED) is 0.251. The first-order chi connectivity index (χ1) is 22.6. The highest BCUT2D eigenvalue weighted by molar-refractivity contribution is 5.92. The number of fused-ring (bicyclic) bond motifs is 2. The number of nitrogens with one attached hydrogen (secondary N) is 1. The number of carboxylic acid groups (broad SMARTS) is 1. The largest absolute Gasteiger partial charge is 0.491 e. The van der Waals surface area contributed by atoms with E-state index in [9.17, 15) is 24.9 Å². The van der Waals surface area contributed by atoms with E-state index in [1.54, 1.807) is 24.1 Å². The molecule has 4 N–H and O–H groups in total. The van der Waals surface area contributed by atoms with Gasteiger partial charge in [0.25, 0.3) is 0 Å². The van der Waals surface area contributed by atoms with E-state index < -0.39 is 30.1 Å². The number of hydrogen-bond donors (Lipinski definition) is 4. The van der Waals surface area contributed by atoms with Gasteiger partial charge in [-0.1, -0.05) is 39.0 Å². The smallest absolute Gasteiger partial charge is 0.335 e. The summed E-state index contributed by atoms with van der Waals surface area (Å²) in [6, 6.07) is 10.1. The number of anilines is 1. The molecule has 2 aromatic rings. The van der Waals surface area contributed by atoms with Gasteiger partial charge in [-0.2, -0.15) is 5.06 Å². The zero-order valence-electron chi connectivity index (χ0n) is 29.6. The minimum Gasteiger partial charge on any atom is -0.491 e. The second-order valence-corrected chi connectivity index (χ2v) is 15.1. The minimum atomic E-state index is -1.03. The van der Waals surface area contributed by atoms with Crippen LogP contribution in [0.15, 0.2) is 36.4 Å². The highest BCUT2D eigenvalue weighted by Gasteiger charge is 2.57. The van der Waals surface area contributed by atoms with Crippen molar-refractivity contribution in [2.75, 3.05) is 52.8 Å². The van der Waals surface area contributed by atoms with Crippen LogP contribution in [0.3, 0.4) is 0 Å². The lowest BCUT2D eigenvalue weighted by molar-refractivity contribution is -0.183. The van der Waals surface area contributed by atoms with Gasteiger partial charge >= 0.3 is 5.97 Å². The number of likely N-dealkylation sites (N-methyl/N-ethyl adjacent to an activating group) is 1. The molecule has 1 heterocycles. The fourth-order valence-corrected chi connectivity index (χ4v) is 8.24. The third-order valence-corrected chi connectivity index (χ3v) is 11.3. The minimum absolute atomic E-state index is 0.0274. The van der Waals surface area contributed by atoms with Crippen molar-refractivity contribution in [3.8, 4) is 16.9 Å². The predicted octanol–water partition coefficient (Wildman–Crippen LogP) is 3.72. The van der Waals surface area contributed by atoms with Crippen molar-refractivity contribution in [3.05, 3.63) is 47.5 Å². The summed E-state index contributed by atoms with van der Waals surface area (Å²) in [5.41, 5.74) is 3.29. The van der Waals surface area contributed by atoms with Crippen LogP contribution in [0.5, 0.6) is 5.75 Å². The van der Waals surface area contributed by atoms with Gasteiger partial charge in [0, 0.05) is 49.4 Å². The molecule has 11 heteroatoms. The number of hydroxylamine groups is 2. The molecule has 0 unspecified atom stereocenters. The number of carboxylic acids is 1. The Bertz CT molecular complexity index is 1480. The van der Waals surface area contributed by atoms with E-state index >= 15 is 0 Å². The Labute approximate surface area is 284 Å². The van der Waals surface area contributed by atoms with Gasteiger partial charge in [0.2, 0.25) is 5.91 Å². The van der Waals surface area contributed by atoms with Gasteiger partial charge in [-0.3, -0.25) is 9.63 Å². The lowest BCUT2D eigenvalue weighted by atomic mass is 9.45. The molecule has 0 radical (unpaired) electrons. The third-order valence-electron chi connectivity index (χ3n) is 11.3. The fourth-order valence-electron chi connectivity index (χ4n) is 8.24. The molecule has 8 atom stereocenters. The normalized spacial score (nSPS) is 28.5. The topological polar surface area (TPSA) is 135 Å². The summed E-state index contributed by atoms with van der Waals surface area (Å²) in [4.78, 5) is 36.4. The highest BCUT2D eigenvalue weighted by Crippen LogP contribution is 2.61. The molecule has 1 aliphatic heterocycles. The van der Waals surface area contributed by atoms with Crippen LogP contribution >= 0.6 is 0 Å². The van der Waals surface area contributed by atoms with Crippen LogP contribution in [-0.4, -0.2) is 109 Å². The molecule has 2 aromatic carbocycles. The first kappa shape index (κ1) is 36.1. The Morgan fingerprint density at radius 1 is 1.15 bits per heavy atom. The molecule has 0 spiro atoms. The van der Waals surface area contributed by atoms with Crippen molar-refractivity contribution in [2.45, 2.75) is 71.4 Å². The molecule has 2 bridgehead atoms. The van der Waals surface area contributed by atoms with Crippen LogP contribution in [-0.2, 0) is 16.2 Å². The Hall–Kier alpha value is -3.22. The molecule has 4 fully saturated rings. The highest BCUT2D eigenvalue weighted by atomic mass is 16.7. The van der Waals surface area contributed by atoms with Gasteiger partial charge in [0.1, 0.15) is 24.5 Å². The maximum absolute atomic E-state index is 14.2. The van der Waals surface area contributed by atoms with E-state index in [-0.39, 0.29) is 36.1 Å². The molecule has 264 valence electrons. The summed E-state index contributed by atoms with van der Waals surface area (Å²) in [6.45, 7) is 9.32. The molecule has 0 aromatic heterocycles. The second-order valence-electron chi connectivity index (χ2n) is 15.1. The van der Waals surface area contributed by atoms with Crippen molar-refractivity contribution in [3.63, 3.8) is 0 Å². The number of hydrogen-bond acceptors (Lipinski definition) is 9. The monoisotopic (exact) mass is 666 g/mol. The molecular formula is C37H54N4O7. The zero-order chi connectivity index (χ0) is 35.1. The Morgan fingerprint density at radius 2 is 1.88 bits per heavy atom. The molecule has 48 heavy (non-hydrogen) atoms. The first-order valence-electron chi connectivity index (χ1n) is 17.1. The third kappa shape index (κ3) is 7.07. The molecule has 4 aliphatic rings.